The molecule has 0 heterocycles. The van der Waals surface area contributed by atoms with Gasteiger partial charge in [0.15, 0.2) is 0 Å². The van der Waals surface area contributed by atoms with Gasteiger partial charge in [0.25, 0.3) is 0 Å². The topological polar surface area (TPSA) is 69.9 Å². The molecule has 12 rings (SSSR count). The zero-order chi connectivity index (χ0) is 48.4. The van der Waals surface area contributed by atoms with E-state index in [-0.39, 0.29) is 29.8 Å². The van der Waals surface area contributed by atoms with Crippen LogP contribution < -0.4 is 4.74 Å². The molecule has 1 aliphatic rings. The Morgan fingerprint density at radius 2 is 0.886 bits per heavy atom. The monoisotopic (exact) mass is 914 g/mol. The third kappa shape index (κ3) is 6.72. The summed E-state index contributed by atoms with van der Waals surface area (Å²) < 4.78 is 6.35. The van der Waals surface area contributed by atoms with E-state index in [9.17, 15) is 15.3 Å². The molecule has 0 fully saturated rings. The highest BCUT2D eigenvalue weighted by Gasteiger charge is 2.41. The number of hydrogen-bond acceptors (Lipinski definition) is 4. The molecule has 0 amide bonds. The number of allylic oxidation sites excluding steroid dienone is 1. The number of aromatic hydroxyl groups is 1. The number of aliphatic hydroxyl groups excluding tert-OH is 2. The van der Waals surface area contributed by atoms with Crippen LogP contribution in [-0.4, -0.2) is 21.9 Å². The normalized spacial score (nSPS) is 13.7. The van der Waals surface area contributed by atoms with Crippen molar-refractivity contribution in [3.8, 4) is 44.9 Å². The lowest BCUT2D eigenvalue weighted by molar-refractivity contribution is 0.258. The Bertz CT molecular complexity index is 3640. The molecule has 346 valence electrons. The lowest BCUT2D eigenvalue weighted by Crippen LogP contribution is -2.23. The minimum atomic E-state index is -0.554. The lowest BCUT2D eigenvalue weighted by Gasteiger charge is -2.30. The molecular formula is C66H58O4. The molecule has 3 N–H and O–H groups in total. The van der Waals surface area contributed by atoms with Crippen LogP contribution in [0.5, 0.6) is 11.5 Å². The van der Waals surface area contributed by atoms with Gasteiger partial charge in [-0.05, 0) is 168 Å². The molecule has 0 aromatic heterocycles. The predicted octanol–water partition coefficient (Wildman–Crippen LogP) is 16.4. The van der Waals surface area contributed by atoms with Gasteiger partial charge in [-0.2, -0.15) is 0 Å². The summed E-state index contributed by atoms with van der Waals surface area (Å²) in [6, 6.07) is 54.5. The van der Waals surface area contributed by atoms with E-state index in [2.05, 4.69) is 188 Å². The van der Waals surface area contributed by atoms with Crippen molar-refractivity contribution in [3.05, 3.63) is 192 Å². The van der Waals surface area contributed by atoms with Gasteiger partial charge < -0.3 is 20.1 Å². The summed E-state index contributed by atoms with van der Waals surface area (Å²) in [7, 11) is 0. The number of benzene rings is 11. The second-order valence-electron chi connectivity index (χ2n) is 21.9. The molecule has 0 radical (unpaired) electrons. The number of aliphatic hydroxyl groups is 2. The Morgan fingerprint density at radius 1 is 0.486 bits per heavy atom. The van der Waals surface area contributed by atoms with Gasteiger partial charge in [0.05, 0.1) is 19.8 Å². The van der Waals surface area contributed by atoms with E-state index in [1.54, 1.807) is 12.1 Å². The Balaban J connectivity index is 0.994. The van der Waals surface area contributed by atoms with E-state index >= 15 is 0 Å². The second kappa shape index (κ2) is 15.9. The Kier molecular flexibility index (Phi) is 9.99. The zero-order valence-corrected chi connectivity index (χ0v) is 40.9. The Labute approximate surface area is 409 Å². The largest absolute Gasteiger partial charge is 0.507 e. The summed E-state index contributed by atoms with van der Waals surface area (Å²) in [5.41, 5.74) is 12.5. The van der Waals surface area contributed by atoms with Gasteiger partial charge in [-0.3, -0.25) is 0 Å². The maximum atomic E-state index is 10.5. The third-order valence-electron chi connectivity index (χ3n) is 15.8. The minimum Gasteiger partial charge on any atom is -0.507 e. The quantitative estimate of drug-likeness (QED) is 0.0726. The molecule has 70 heavy (non-hydrogen) atoms. The maximum absolute atomic E-state index is 10.5. The molecule has 0 saturated heterocycles. The molecule has 4 nitrogen and oxygen atoms in total. The number of hydrogen-bond donors (Lipinski definition) is 3. The van der Waals surface area contributed by atoms with Crippen molar-refractivity contribution in [2.24, 2.45) is 0 Å². The fourth-order valence-corrected chi connectivity index (χ4v) is 12.0. The fraction of sp³-hybridized carbons (Fsp3) is 0.212. The first-order valence-electron chi connectivity index (χ1n) is 24.8. The van der Waals surface area contributed by atoms with Gasteiger partial charge in [-0.15, -0.1) is 6.58 Å². The third-order valence-corrected chi connectivity index (χ3v) is 15.8. The van der Waals surface area contributed by atoms with Crippen LogP contribution in [0.4, 0.5) is 0 Å². The SMILES string of the molecule is C=CC1(CCCOc2cc(CO)c(O)c(CO)c2)c2cc(-c3ccc4ccc5cc(C(C)(C)C)cc6ccc3c4c56)ccc2-c2ccc(-c3ccc4ccc5cc(C(C)(C)C)cc6ccc3c4c56)cc21. The van der Waals surface area contributed by atoms with Crippen molar-refractivity contribution in [3.63, 3.8) is 0 Å². The van der Waals surface area contributed by atoms with Crippen LogP contribution in [0.2, 0.25) is 0 Å². The molecule has 0 atom stereocenters. The van der Waals surface area contributed by atoms with E-state index in [4.69, 9.17) is 4.74 Å². The second-order valence-corrected chi connectivity index (χ2v) is 21.9. The summed E-state index contributed by atoms with van der Waals surface area (Å²) in [5.74, 6) is 0.398. The van der Waals surface area contributed by atoms with E-state index in [0.29, 0.717) is 29.9 Å². The van der Waals surface area contributed by atoms with Crippen LogP contribution in [0.3, 0.4) is 0 Å². The predicted molar refractivity (Wildman–Crippen MR) is 293 cm³/mol. The number of rotatable bonds is 10. The summed E-state index contributed by atoms with van der Waals surface area (Å²) in [6.45, 7) is 18.0. The highest BCUT2D eigenvalue weighted by Crippen LogP contribution is 2.55. The summed E-state index contributed by atoms with van der Waals surface area (Å²) in [4.78, 5) is 0. The lowest BCUT2D eigenvalue weighted by atomic mass is 9.73. The van der Waals surface area contributed by atoms with Crippen LogP contribution >= 0.6 is 0 Å². The molecule has 11 aromatic rings. The van der Waals surface area contributed by atoms with Gasteiger partial charge in [-0.25, -0.2) is 0 Å². The average molecular weight is 915 g/mol. The van der Waals surface area contributed by atoms with Crippen molar-refractivity contribution in [2.75, 3.05) is 6.61 Å². The molecule has 11 aromatic carbocycles. The van der Waals surface area contributed by atoms with E-state index in [1.165, 1.54) is 120 Å². The summed E-state index contributed by atoms with van der Waals surface area (Å²) >= 11 is 0. The van der Waals surface area contributed by atoms with Gasteiger partial charge in [0, 0.05) is 16.5 Å². The number of ether oxygens (including phenoxy) is 1. The van der Waals surface area contributed by atoms with Crippen molar-refractivity contribution in [1.29, 1.82) is 0 Å². The van der Waals surface area contributed by atoms with Crippen molar-refractivity contribution in [1.82, 2.24) is 0 Å². The Hall–Kier alpha value is -7.24. The Morgan fingerprint density at radius 3 is 1.30 bits per heavy atom. The van der Waals surface area contributed by atoms with Gasteiger partial charge in [0.1, 0.15) is 11.5 Å². The summed E-state index contributed by atoms with van der Waals surface area (Å²) in [5, 5.41) is 45.8. The first-order chi connectivity index (χ1) is 33.7. The first-order valence-corrected chi connectivity index (χ1v) is 24.8. The van der Waals surface area contributed by atoms with E-state index < -0.39 is 5.41 Å². The van der Waals surface area contributed by atoms with Crippen LogP contribution in [0.25, 0.3) is 98.0 Å². The van der Waals surface area contributed by atoms with Crippen LogP contribution in [0, 0.1) is 0 Å². The molecule has 0 saturated carbocycles. The van der Waals surface area contributed by atoms with E-state index in [0.717, 1.165) is 6.42 Å². The highest BCUT2D eigenvalue weighted by atomic mass is 16.5. The van der Waals surface area contributed by atoms with Gasteiger partial charge in [-0.1, -0.05) is 169 Å². The maximum Gasteiger partial charge on any atom is 0.126 e. The fourth-order valence-electron chi connectivity index (χ4n) is 12.0. The molecule has 0 unspecified atom stereocenters. The number of fused-ring (bicyclic) bond motifs is 3. The molecule has 1 aliphatic carbocycles. The minimum absolute atomic E-state index is 0.0409. The molecule has 0 bridgehead atoms. The van der Waals surface area contributed by atoms with Gasteiger partial charge >= 0.3 is 0 Å². The van der Waals surface area contributed by atoms with Crippen molar-refractivity contribution in [2.45, 2.75) is 83.8 Å². The first kappa shape index (κ1) is 44.0. The molecule has 0 aliphatic heterocycles. The van der Waals surface area contributed by atoms with Crippen molar-refractivity contribution < 1.29 is 20.1 Å². The average Bonchev–Trinajstić information content (AvgIpc) is 3.63. The van der Waals surface area contributed by atoms with E-state index in [1.807, 2.05) is 0 Å². The standard InChI is InChI=1S/C66H58O4/c1-8-66(26-9-27-70-50-32-46(36-67)63(69)47(33-50)37-68)57-34-40(51-20-14-38-10-12-42-28-48(64(2,3)4)30-44-18-24-55(51)61(38)59(42)44)16-22-53(57)54-23-17-41(35-58(54)66)52-21-15-39-11-13-43-29-49(65(5,6)7)31-45-19-25-56(52)62(39)60(43)45/h8,10-25,28-35,67-69H,1,9,26-27,36-37H2,2-7H3. The van der Waals surface area contributed by atoms with Crippen LogP contribution in [-0.2, 0) is 29.5 Å². The van der Waals surface area contributed by atoms with Crippen molar-refractivity contribution >= 4 is 64.6 Å². The number of phenols is 1. The van der Waals surface area contributed by atoms with Crippen LogP contribution in [0.1, 0.15) is 87.8 Å². The summed E-state index contributed by atoms with van der Waals surface area (Å²) in [6.07, 6.45) is 3.57. The van der Waals surface area contributed by atoms with Gasteiger partial charge in [0.2, 0.25) is 0 Å². The molecule has 4 heteroatoms. The molecular weight excluding hydrogens is 857 g/mol. The highest BCUT2D eigenvalue weighted by molar-refractivity contribution is 6.27. The smallest absolute Gasteiger partial charge is 0.126 e. The zero-order valence-electron chi connectivity index (χ0n) is 40.9. The molecule has 0 spiro atoms. The van der Waals surface area contributed by atoms with Crippen LogP contribution in [0.15, 0.2) is 158 Å².